The second-order valence-corrected chi connectivity index (χ2v) is 6.42. The molecular weight excluding hydrogens is 354 g/mol. The molecular formula is C19H22ClN3O3. The number of nitrogens with one attached hydrogen (secondary N) is 1. The summed E-state index contributed by atoms with van der Waals surface area (Å²) < 4.78 is 7.52. The van der Waals surface area contributed by atoms with Crippen molar-refractivity contribution < 1.29 is 14.9 Å². The first-order chi connectivity index (χ1) is 12.7. The first-order valence-electron chi connectivity index (χ1n) is 8.47. The molecule has 0 bridgehead atoms. The number of fused-ring (bicyclic) bond motifs is 1. The van der Waals surface area contributed by atoms with Crippen molar-refractivity contribution in [3.63, 3.8) is 0 Å². The zero-order valence-corrected chi connectivity index (χ0v) is 15.1. The third-order valence-electron chi connectivity index (χ3n) is 3.94. The Kier molecular flexibility index (Phi) is 6.46. The van der Waals surface area contributed by atoms with Crippen LogP contribution < -0.4 is 5.32 Å². The molecule has 26 heavy (non-hydrogen) atoms. The van der Waals surface area contributed by atoms with E-state index >= 15 is 0 Å². The van der Waals surface area contributed by atoms with Gasteiger partial charge in [0, 0.05) is 11.6 Å². The quantitative estimate of drug-likeness (QED) is 0.536. The van der Waals surface area contributed by atoms with Crippen LogP contribution in [-0.4, -0.2) is 45.6 Å². The summed E-state index contributed by atoms with van der Waals surface area (Å²) in [7, 11) is 0. The first-order valence-corrected chi connectivity index (χ1v) is 8.85. The van der Waals surface area contributed by atoms with E-state index in [9.17, 15) is 5.11 Å². The van der Waals surface area contributed by atoms with E-state index in [0.717, 1.165) is 16.6 Å². The number of aliphatic hydroxyl groups is 2. The molecule has 1 atom stereocenters. The van der Waals surface area contributed by atoms with Gasteiger partial charge in [-0.15, -0.1) is 0 Å². The third-order valence-corrected chi connectivity index (χ3v) is 4.19. The van der Waals surface area contributed by atoms with Gasteiger partial charge in [-0.2, -0.15) is 0 Å². The Bertz CT molecular complexity index is 836. The van der Waals surface area contributed by atoms with Gasteiger partial charge in [0.1, 0.15) is 0 Å². The van der Waals surface area contributed by atoms with Crippen molar-refractivity contribution >= 4 is 28.6 Å². The van der Waals surface area contributed by atoms with E-state index in [2.05, 4.69) is 10.3 Å². The molecule has 7 heteroatoms. The Morgan fingerprint density at radius 3 is 2.69 bits per heavy atom. The molecule has 3 N–H and O–H groups in total. The maximum absolute atomic E-state index is 10.4. The van der Waals surface area contributed by atoms with Gasteiger partial charge in [-0.25, -0.2) is 4.98 Å². The molecule has 0 aliphatic rings. The van der Waals surface area contributed by atoms with Gasteiger partial charge in [0.15, 0.2) is 0 Å². The van der Waals surface area contributed by atoms with Crippen LogP contribution in [0.15, 0.2) is 48.5 Å². The van der Waals surface area contributed by atoms with Gasteiger partial charge in [-0.05, 0) is 29.8 Å². The number of aliphatic hydroxyl groups excluding tert-OH is 2. The summed E-state index contributed by atoms with van der Waals surface area (Å²) in [4.78, 5) is 4.52. The Hall–Kier alpha value is -2.12. The van der Waals surface area contributed by atoms with E-state index in [1.807, 2.05) is 53.1 Å². The lowest BCUT2D eigenvalue weighted by Crippen LogP contribution is -2.23. The van der Waals surface area contributed by atoms with Crippen molar-refractivity contribution in [2.75, 3.05) is 25.1 Å². The summed E-state index contributed by atoms with van der Waals surface area (Å²) >= 11 is 5.86. The Balaban J connectivity index is 1.62. The number of aromatic nitrogens is 2. The highest BCUT2D eigenvalue weighted by Gasteiger charge is 2.14. The van der Waals surface area contributed by atoms with E-state index in [4.69, 9.17) is 21.4 Å². The molecule has 3 rings (SSSR count). The van der Waals surface area contributed by atoms with Gasteiger partial charge in [-0.1, -0.05) is 35.9 Å². The minimum atomic E-state index is -0.686. The van der Waals surface area contributed by atoms with Crippen LogP contribution in [0.1, 0.15) is 5.56 Å². The SMILES string of the molecule is OCCNc1nc2ccccc2n1CC(O)COCc1ccc(Cl)cc1. The fourth-order valence-corrected chi connectivity index (χ4v) is 2.85. The van der Waals surface area contributed by atoms with Crippen LogP contribution >= 0.6 is 11.6 Å². The van der Waals surface area contributed by atoms with Crippen LogP contribution in [0.5, 0.6) is 0 Å². The number of para-hydroxylation sites is 2. The molecule has 1 unspecified atom stereocenters. The molecule has 0 fully saturated rings. The van der Waals surface area contributed by atoms with E-state index in [0.29, 0.717) is 30.7 Å². The summed E-state index contributed by atoms with van der Waals surface area (Å²) in [6.45, 7) is 1.36. The third kappa shape index (κ3) is 4.74. The van der Waals surface area contributed by atoms with Crippen LogP contribution in [0, 0.1) is 0 Å². The van der Waals surface area contributed by atoms with Crippen LogP contribution in [0.3, 0.4) is 0 Å². The number of nitrogens with zero attached hydrogens (tertiary/aromatic N) is 2. The highest BCUT2D eigenvalue weighted by atomic mass is 35.5. The Labute approximate surface area is 157 Å². The molecule has 0 saturated heterocycles. The van der Waals surface area contributed by atoms with Gasteiger partial charge >= 0.3 is 0 Å². The highest BCUT2D eigenvalue weighted by molar-refractivity contribution is 6.30. The molecule has 0 amide bonds. The summed E-state index contributed by atoms with van der Waals surface area (Å²) in [6, 6.07) is 15.1. The smallest absolute Gasteiger partial charge is 0.204 e. The minimum absolute atomic E-state index is 0.00988. The van der Waals surface area contributed by atoms with Crippen LogP contribution in [0.4, 0.5) is 5.95 Å². The topological polar surface area (TPSA) is 79.5 Å². The molecule has 0 aliphatic heterocycles. The van der Waals surface area contributed by atoms with Crippen molar-refractivity contribution in [1.82, 2.24) is 9.55 Å². The van der Waals surface area contributed by atoms with Crippen molar-refractivity contribution in [3.8, 4) is 0 Å². The standard InChI is InChI=1S/C19H22ClN3O3/c20-15-7-5-14(6-8-15)12-26-13-16(25)11-23-18-4-2-1-3-17(18)22-19(23)21-9-10-24/h1-8,16,24-25H,9-13H2,(H,21,22). The molecule has 138 valence electrons. The van der Waals surface area contributed by atoms with Crippen molar-refractivity contribution in [3.05, 3.63) is 59.1 Å². The molecule has 0 saturated carbocycles. The lowest BCUT2D eigenvalue weighted by molar-refractivity contribution is 0.0211. The molecule has 1 heterocycles. The lowest BCUT2D eigenvalue weighted by atomic mass is 10.2. The number of hydrogen-bond acceptors (Lipinski definition) is 5. The number of anilines is 1. The number of ether oxygens (including phenoxy) is 1. The molecule has 0 spiro atoms. The van der Waals surface area contributed by atoms with E-state index in [1.54, 1.807) is 0 Å². The number of halogens is 1. The van der Waals surface area contributed by atoms with Crippen LogP contribution in [-0.2, 0) is 17.9 Å². The first kappa shape index (κ1) is 18.7. The van der Waals surface area contributed by atoms with Gasteiger partial charge < -0.3 is 24.8 Å². The fourth-order valence-electron chi connectivity index (χ4n) is 2.72. The van der Waals surface area contributed by atoms with Crippen LogP contribution in [0.25, 0.3) is 11.0 Å². The van der Waals surface area contributed by atoms with Crippen molar-refractivity contribution in [2.24, 2.45) is 0 Å². The summed E-state index contributed by atoms with van der Waals surface area (Å²) in [5, 5.41) is 23.2. The second-order valence-electron chi connectivity index (χ2n) is 5.98. The highest BCUT2D eigenvalue weighted by Crippen LogP contribution is 2.20. The Morgan fingerprint density at radius 1 is 1.15 bits per heavy atom. The van der Waals surface area contributed by atoms with Gasteiger partial charge in [0.05, 0.1) is 43.5 Å². The minimum Gasteiger partial charge on any atom is -0.395 e. The number of imidazole rings is 1. The number of hydrogen-bond donors (Lipinski definition) is 3. The van der Waals surface area contributed by atoms with Gasteiger partial charge in [0.2, 0.25) is 5.95 Å². The normalized spacial score (nSPS) is 12.4. The number of benzene rings is 2. The zero-order chi connectivity index (χ0) is 18.4. The average molecular weight is 376 g/mol. The summed E-state index contributed by atoms with van der Waals surface area (Å²) in [6.07, 6.45) is -0.686. The fraction of sp³-hybridized carbons (Fsp3) is 0.316. The van der Waals surface area contributed by atoms with Crippen molar-refractivity contribution in [2.45, 2.75) is 19.3 Å². The molecule has 1 aromatic heterocycles. The summed E-state index contributed by atoms with van der Waals surface area (Å²) in [5.41, 5.74) is 2.76. The maximum Gasteiger partial charge on any atom is 0.204 e. The van der Waals surface area contributed by atoms with E-state index in [1.165, 1.54) is 0 Å². The molecule has 2 aromatic carbocycles. The molecule has 0 aliphatic carbocycles. The number of rotatable bonds is 9. The Morgan fingerprint density at radius 2 is 1.92 bits per heavy atom. The monoisotopic (exact) mass is 375 g/mol. The van der Waals surface area contributed by atoms with E-state index < -0.39 is 6.10 Å². The molecule has 3 aromatic rings. The second kappa shape index (κ2) is 9.00. The van der Waals surface area contributed by atoms with Gasteiger partial charge in [-0.3, -0.25) is 0 Å². The maximum atomic E-state index is 10.4. The largest absolute Gasteiger partial charge is 0.395 e. The average Bonchev–Trinajstić information content (AvgIpc) is 2.99. The summed E-state index contributed by atoms with van der Waals surface area (Å²) in [5.74, 6) is 0.622. The zero-order valence-electron chi connectivity index (χ0n) is 14.3. The predicted octanol–water partition coefficient (Wildman–Crippen LogP) is 2.67. The van der Waals surface area contributed by atoms with Crippen molar-refractivity contribution in [1.29, 1.82) is 0 Å². The van der Waals surface area contributed by atoms with Gasteiger partial charge in [0.25, 0.3) is 0 Å². The van der Waals surface area contributed by atoms with E-state index in [-0.39, 0.29) is 13.2 Å². The predicted molar refractivity (Wildman–Crippen MR) is 102 cm³/mol. The van der Waals surface area contributed by atoms with Crippen LogP contribution in [0.2, 0.25) is 5.02 Å². The molecule has 0 radical (unpaired) electrons. The molecule has 6 nitrogen and oxygen atoms in total. The lowest BCUT2D eigenvalue weighted by Gasteiger charge is -2.15.